The minimum Gasteiger partial charge on any atom is -0.316 e. The Morgan fingerprint density at radius 2 is 2.10 bits per heavy atom. The van der Waals surface area contributed by atoms with Gasteiger partial charge in [0.2, 0.25) is 10.0 Å². The van der Waals surface area contributed by atoms with Gasteiger partial charge < -0.3 is 5.32 Å². The van der Waals surface area contributed by atoms with Crippen LogP contribution in [0.2, 0.25) is 5.02 Å². The zero-order chi connectivity index (χ0) is 14.8. The molecule has 0 unspecified atom stereocenters. The van der Waals surface area contributed by atoms with E-state index in [1.165, 1.54) is 10.7 Å². The average molecular weight is 317 g/mol. The molecule has 1 N–H and O–H groups in total. The lowest BCUT2D eigenvalue weighted by Gasteiger charge is -2.29. The van der Waals surface area contributed by atoms with Crippen molar-refractivity contribution in [3.05, 3.63) is 28.8 Å². The molecule has 1 fully saturated rings. The number of halogens is 1. The van der Waals surface area contributed by atoms with Gasteiger partial charge in [-0.1, -0.05) is 24.1 Å². The standard InChI is InChI=1S/C14H21ClN2O2S/c1-16-9-12-6-7-13(15)14(8-12)20(18,19)17(2)10-11-4-3-5-11/h6-8,11,16H,3-5,9-10H2,1-2H3. The fourth-order valence-corrected chi connectivity index (χ4v) is 4.13. The van der Waals surface area contributed by atoms with E-state index < -0.39 is 10.0 Å². The number of hydrogen-bond acceptors (Lipinski definition) is 3. The van der Waals surface area contributed by atoms with Crippen LogP contribution in [0.25, 0.3) is 0 Å². The molecule has 0 amide bonds. The average Bonchev–Trinajstić information content (AvgIpc) is 2.36. The number of sulfonamides is 1. The van der Waals surface area contributed by atoms with E-state index in [4.69, 9.17) is 11.6 Å². The van der Waals surface area contributed by atoms with Crippen LogP contribution in [-0.2, 0) is 16.6 Å². The molecule has 0 aliphatic heterocycles. The topological polar surface area (TPSA) is 49.4 Å². The van der Waals surface area contributed by atoms with Gasteiger partial charge in [-0.2, -0.15) is 0 Å². The highest BCUT2D eigenvalue weighted by Gasteiger charge is 2.28. The molecule has 0 spiro atoms. The van der Waals surface area contributed by atoms with Crippen LogP contribution in [0.15, 0.2) is 23.1 Å². The molecule has 1 aliphatic carbocycles. The van der Waals surface area contributed by atoms with Gasteiger partial charge in [0.15, 0.2) is 0 Å². The van der Waals surface area contributed by atoms with Crippen LogP contribution in [0.3, 0.4) is 0 Å². The lowest BCUT2D eigenvalue weighted by molar-refractivity contribution is 0.263. The SMILES string of the molecule is CNCc1ccc(Cl)c(S(=O)(=O)N(C)CC2CCC2)c1. The largest absolute Gasteiger partial charge is 0.316 e. The second kappa shape index (κ2) is 6.43. The summed E-state index contributed by atoms with van der Waals surface area (Å²) >= 11 is 6.08. The molecule has 0 atom stereocenters. The molecule has 0 bridgehead atoms. The second-order valence-electron chi connectivity index (χ2n) is 5.38. The first-order chi connectivity index (χ1) is 9.45. The smallest absolute Gasteiger partial charge is 0.244 e. The molecule has 0 saturated heterocycles. The highest BCUT2D eigenvalue weighted by molar-refractivity contribution is 7.89. The predicted molar refractivity (Wildman–Crippen MR) is 81.4 cm³/mol. The molecule has 1 saturated carbocycles. The summed E-state index contributed by atoms with van der Waals surface area (Å²) in [6.45, 7) is 1.20. The molecule has 20 heavy (non-hydrogen) atoms. The van der Waals surface area contributed by atoms with Crippen molar-refractivity contribution < 1.29 is 8.42 Å². The fourth-order valence-electron chi connectivity index (χ4n) is 2.36. The van der Waals surface area contributed by atoms with Crippen LogP contribution in [-0.4, -0.2) is 33.4 Å². The summed E-state index contributed by atoms with van der Waals surface area (Å²) in [6, 6.07) is 5.15. The first-order valence-corrected chi connectivity index (χ1v) is 8.66. The zero-order valence-electron chi connectivity index (χ0n) is 11.9. The fraction of sp³-hybridized carbons (Fsp3) is 0.571. The summed E-state index contributed by atoms with van der Waals surface area (Å²) in [5, 5.41) is 3.29. The van der Waals surface area contributed by atoms with E-state index in [0.717, 1.165) is 18.4 Å². The van der Waals surface area contributed by atoms with Crippen molar-refractivity contribution in [1.29, 1.82) is 0 Å². The van der Waals surface area contributed by atoms with Crippen LogP contribution in [0, 0.1) is 5.92 Å². The third-order valence-corrected chi connectivity index (χ3v) is 6.11. The highest BCUT2D eigenvalue weighted by Crippen LogP contribution is 2.30. The van der Waals surface area contributed by atoms with E-state index in [-0.39, 0.29) is 9.92 Å². The summed E-state index contributed by atoms with van der Waals surface area (Å²) in [6.07, 6.45) is 3.44. The minimum atomic E-state index is -3.51. The maximum atomic E-state index is 12.6. The maximum Gasteiger partial charge on any atom is 0.244 e. The van der Waals surface area contributed by atoms with Crippen molar-refractivity contribution >= 4 is 21.6 Å². The van der Waals surface area contributed by atoms with Gasteiger partial charge in [0.1, 0.15) is 4.90 Å². The third-order valence-electron chi connectivity index (χ3n) is 3.80. The van der Waals surface area contributed by atoms with Gasteiger partial charge in [0.05, 0.1) is 5.02 Å². The van der Waals surface area contributed by atoms with Gasteiger partial charge in [-0.15, -0.1) is 0 Å². The predicted octanol–water partition coefficient (Wildman–Crippen LogP) is 2.48. The number of benzene rings is 1. The first-order valence-electron chi connectivity index (χ1n) is 6.84. The number of nitrogens with zero attached hydrogens (tertiary/aromatic N) is 1. The van der Waals surface area contributed by atoms with Crippen molar-refractivity contribution in [2.45, 2.75) is 30.7 Å². The van der Waals surface area contributed by atoms with E-state index in [0.29, 0.717) is 19.0 Å². The van der Waals surface area contributed by atoms with Crippen LogP contribution in [0.4, 0.5) is 0 Å². The lowest BCUT2D eigenvalue weighted by atomic mass is 9.86. The van der Waals surface area contributed by atoms with Crippen LogP contribution >= 0.6 is 11.6 Å². The Morgan fingerprint density at radius 1 is 1.40 bits per heavy atom. The molecule has 0 radical (unpaired) electrons. The molecular formula is C14H21ClN2O2S. The molecule has 4 nitrogen and oxygen atoms in total. The summed E-state index contributed by atoms with van der Waals surface area (Å²) < 4.78 is 26.6. The Labute approximate surface area is 126 Å². The molecule has 1 aliphatic rings. The van der Waals surface area contributed by atoms with Crippen molar-refractivity contribution in [3.8, 4) is 0 Å². The second-order valence-corrected chi connectivity index (χ2v) is 7.80. The lowest BCUT2D eigenvalue weighted by Crippen LogP contribution is -2.34. The van der Waals surface area contributed by atoms with Gasteiger partial charge in [-0.3, -0.25) is 0 Å². The highest BCUT2D eigenvalue weighted by atomic mass is 35.5. The molecule has 0 heterocycles. The van der Waals surface area contributed by atoms with Gasteiger partial charge in [0, 0.05) is 20.1 Å². The minimum absolute atomic E-state index is 0.203. The number of nitrogens with one attached hydrogen (secondary N) is 1. The summed E-state index contributed by atoms with van der Waals surface area (Å²) in [5.41, 5.74) is 0.910. The number of hydrogen-bond donors (Lipinski definition) is 1. The van der Waals surface area contributed by atoms with Gasteiger partial charge in [0.25, 0.3) is 0 Å². The van der Waals surface area contributed by atoms with Crippen molar-refractivity contribution in [1.82, 2.24) is 9.62 Å². The third kappa shape index (κ3) is 3.34. The van der Waals surface area contributed by atoms with Crippen molar-refractivity contribution in [3.63, 3.8) is 0 Å². The Balaban J connectivity index is 2.24. The molecule has 0 aromatic heterocycles. The molecule has 6 heteroatoms. The van der Waals surface area contributed by atoms with Crippen LogP contribution in [0.1, 0.15) is 24.8 Å². The van der Waals surface area contributed by atoms with E-state index in [9.17, 15) is 8.42 Å². The molecule has 1 aromatic rings. The van der Waals surface area contributed by atoms with Crippen LogP contribution in [0.5, 0.6) is 0 Å². The summed E-state index contributed by atoms with van der Waals surface area (Å²) in [4.78, 5) is 0.203. The van der Waals surface area contributed by atoms with Crippen molar-refractivity contribution in [2.75, 3.05) is 20.6 Å². The molecule has 2 rings (SSSR count). The number of rotatable bonds is 6. The van der Waals surface area contributed by atoms with Crippen LogP contribution < -0.4 is 5.32 Å². The Morgan fingerprint density at radius 3 is 2.65 bits per heavy atom. The quantitative estimate of drug-likeness (QED) is 0.877. The molecule has 1 aromatic carbocycles. The van der Waals surface area contributed by atoms with Crippen molar-refractivity contribution in [2.24, 2.45) is 5.92 Å². The van der Waals surface area contributed by atoms with Gasteiger partial charge in [-0.05, 0) is 43.5 Å². The normalized spacial score (nSPS) is 16.4. The summed E-state index contributed by atoms with van der Waals surface area (Å²) in [5.74, 6) is 0.494. The molecule has 112 valence electrons. The first kappa shape index (κ1) is 15.8. The van der Waals surface area contributed by atoms with E-state index in [1.54, 1.807) is 19.2 Å². The van der Waals surface area contributed by atoms with Gasteiger partial charge >= 0.3 is 0 Å². The monoisotopic (exact) mass is 316 g/mol. The maximum absolute atomic E-state index is 12.6. The zero-order valence-corrected chi connectivity index (χ0v) is 13.5. The van der Waals surface area contributed by atoms with E-state index in [2.05, 4.69) is 5.32 Å². The van der Waals surface area contributed by atoms with Gasteiger partial charge in [-0.25, -0.2) is 12.7 Å². The Bertz CT molecular complexity index is 571. The molecular weight excluding hydrogens is 296 g/mol. The Kier molecular flexibility index (Phi) is 5.07. The van der Waals surface area contributed by atoms with E-state index >= 15 is 0 Å². The Hall–Kier alpha value is -0.620. The van der Waals surface area contributed by atoms with E-state index in [1.807, 2.05) is 13.1 Å². The summed E-state index contributed by atoms with van der Waals surface area (Å²) in [7, 11) is -0.0496.